The molecule has 2 fully saturated rings. The van der Waals surface area contributed by atoms with Gasteiger partial charge < -0.3 is 5.32 Å². The molecule has 5 rings (SSSR count). The van der Waals surface area contributed by atoms with Gasteiger partial charge in [-0.15, -0.1) is 0 Å². The van der Waals surface area contributed by atoms with Crippen LogP contribution in [0.25, 0.3) is 11.0 Å². The van der Waals surface area contributed by atoms with Crippen LogP contribution in [0, 0.1) is 5.92 Å². The topological polar surface area (TPSA) is 63.1 Å². The summed E-state index contributed by atoms with van der Waals surface area (Å²) in [5.41, 5.74) is 2.86. The van der Waals surface area contributed by atoms with Crippen molar-refractivity contribution in [3.63, 3.8) is 0 Å². The number of aromatic nitrogens is 3. The highest BCUT2D eigenvalue weighted by molar-refractivity contribution is 5.75. The van der Waals surface area contributed by atoms with E-state index in [-0.39, 0.29) is 24.4 Å². The monoisotopic (exact) mass is 495 g/mol. The Morgan fingerprint density at radius 2 is 1.78 bits per heavy atom. The number of hydrogen-bond donors (Lipinski definition) is 1. The number of benzene rings is 1. The van der Waals surface area contributed by atoms with E-state index >= 15 is 0 Å². The van der Waals surface area contributed by atoms with Gasteiger partial charge in [-0.25, -0.2) is 13.8 Å². The first-order chi connectivity index (χ1) is 17.4. The van der Waals surface area contributed by atoms with E-state index in [1.807, 2.05) is 4.57 Å². The fourth-order valence-electron chi connectivity index (χ4n) is 5.43. The summed E-state index contributed by atoms with van der Waals surface area (Å²) in [7, 11) is 0. The zero-order chi connectivity index (χ0) is 25.1. The van der Waals surface area contributed by atoms with Crippen LogP contribution in [-0.2, 0) is 13.1 Å². The van der Waals surface area contributed by atoms with Crippen LogP contribution < -0.4 is 10.9 Å². The van der Waals surface area contributed by atoms with Gasteiger partial charge in [0.1, 0.15) is 5.65 Å². The molecule has 0 amide bonds. The number of piperidine rings is 1. The van der Waals surface area contributed by atoms with Gasteiger partial charge in [-0.05, 0) is 42.9 Å². The van der Waals surface area contributed by atoms with Crippen molar-refractivity contribution in [3.8, 4) is 0 Å². The Kier molecular flexibility index (Phi) is 7.32. The van der Waals surface area contributed by atoms with Gasteiger partial charge in [0.2, 0.25) is 5.95 Å². The molecule has 0 radical (unpaired) electrons. The van der Waals surface area contributed by atoms with Crippen LogP contribution in [0.1, 0.15) is 69.0 Å². The first-order valence-electron chi connectivity index (χ1n) is 13.2. The average molecular weight is 496 g/mol. The lowest BCUT2D eigenvalue weighted by molar-refractivity contribution is -0.0566. The van der Waals surface area contributed by atoms with Gasteiger partial charge in [-0.3, -0.25) is 14.3 Å². The maximum Gasteiger partial charge on any atom is 0.252 e. The molecule has 0 spiro atoms. The third-order valence-electron chi connectivity index (χ3n) is 7.71. The molecule has 1 aliphatic carbocycles. The molecule has 36 heavy (non-hydrogen) atoms. The fraction of sp³-hybridized carbons (Fsp3) is 0.536. The van der Waals surface area contributed by atoms with Crippen molar-refractivity contribution in [2.24, 2.45) is 5.92 Å². The molecular weight excluding hydrogens is 460 g/mol. The van der Waals surface area contributed by atoms with E-state index in [2.05, 4.69) is 46.4 Å². The summed E-state index contributed by atoms with van der Waals surface area (Å²) in [4.78, 5) is 24.0. The standard InChI is InChI=1S/C28H35F2N5O/c1-20(23-9-7-22(8-10-23)18-34-15-13-28(29,30)14-16-34)32-27-31-17-24-11-12-25(36)35(26(24)33-27)19-21-5-3-2-4-6-21/h7-12,17,20-21H,2-6,13-16,18-19H2,1H3,(H,31,32,33). The highest BCUT2D eigenvalue weighted by Crippen LogP contribution is 2.29. The van der Waals surface area contributed by atoms with Gasteiger partial charge in [0.25, 0.3) is 11.5 Å². The molecule has 1 unspecified atom stereocenters. The summed E-state index contributed by atoms with van der Waals surface area (Å²) in [5.74, 6) is -1.50. The summed E-state index contributed by atoms with van der Waals surface area (Å²) >= 11 is 0. The molecule has 3 heterocycles. The number of hydrogen-bond acceptors (Lipinski definition) is 5. The number of alkyl halides is 2. The predicted octanol–water partition coefficient (Wildman–Crippen LogP) is 5.78. The SMILES string of the molecule is CC(Nc1ncc2ccc(=O)n(CC3CCCCC3)c2n1)c1ccc(CN2CCC(F)(F)CC2)cc1. The molecule has 1 aliphatic heterocycles. The number of fused-ring (bicyclic) bond motifs is 1. The number of nitrogens with one attached hydrogen (secondary N) is 1. The Morgan fingerprint density at radius 3 is 2.50 bits per heavy atom. The predicted molar refractivity (Wildman–Crippen MR) is 138 cm³/mol. The molecule has 6 nitrogen and oxygen atoms in total. The molecule has 1 N–H and O–H groups in total. The van der Waals surface area contributed by atoms with E-state index in [1.165, 1.54) is 19.3 Å². The van der Waals surface area contributed by atoms with Gasteiger partial charge in [0.05, 0.1) is 6.04 Å². The third-order valence-corrected chi connectivity index (χ3v) is 7.71. The zero-order valence-electron chi connectivity index (χ0n) is 20.9. The second-order valence-electron chi connectivity index (χ2n) is 10.5. The van der Waals surface area contributed by atoms with Crippen LogP contribution in [0.2, 0.25) is 0 Å². The number of likely N-dealkylation sites (tertiary alicyclic amines) is 1. The second kappa shape index (κ2) is 10.6. The van der Waals surface area contributed by atoms with Crippen molar-refractivity contribution in [2.75, 3.05) is 18.4 Å². The van der Waals surface area contributed by atoms with E-state index < -0.39 is 5.92 Å². The minimum absolute atomic E-state index is 0.0150. The van der Waals surface area contributed by atoms with Crippen LogP contribution in [0.5, 0.6) is 0 Å². The highest BCUT2D eigenvalue weighted by Gasteiger charge is 2.33. The van der Waals surface area contributed by atoms with E-state index in [0.29, 0.717) is 43.7 Å². The van der Waals surface area contributed by atoms with Gasteiger partial charge in [-0.1, -0.05) is 43.5 Å². The van der Waals surface area contributed by atoms with Gasteiger partial charge in [-0.2, -0.15) is 4.98 Å². The number of anilines is 1. The maximum atomic E-state index is 13.4. The zero-order valence-corrected chi connectivity index (χ0v) is 20.9. The minimum atomic E-state index is -2.52. The van der Waals surface area contributed by atoms with Crippen molar-refractivity contribution in [2.45, 2.75) is 76.9 Å². The van der Waals surface area contributed by atoms with Crippen molar-refractivity contribution in [3.05, 3.63) is 64.1 Å². The van der Waals surface area contributed by atoms with Crippen LogP contribution in [0.3, 0.4) is 0 Å². The fourth-order valence-corrected chi connectivity index (χ4v) is 5.43. The second-order valence-corrected chi connectivity index (χ2v) is 10.5. The molecule has 1 saturated carbocycles. The smallest absolute Gasteiger partial charge is 0.252 e. The molecule has 1 saturated heterocycles. The first-order valence-corrected chi connectivity index (χ1v) is 13.2. The third kappa shape index (κ3) is 5.91. The molecule has 0 bridgehead atoms. The van der Waals surface area contributed by atoms with Crippen molar-refractivity contribution in [1.82, 2.24) is 19.4 Å². The maximum absolute atomic E-state index is 13.4. The molecule has 2 aliphatic rings. The van der Waals surface area contributed by atoms with Gasteiger partial charge in [0, 0.05) is 56.7 Å². The summed E-state index contributed by atoms with van der Waals surface area (Å²) in [5, 5.41) is 4.24. The molecule has 8 heteroatoms. The summed E-state index contributed by atoms with van der Waals surface area (Å²) in [6.07, 6.45) is 7.73. The van der Waals surface area contributed by atoms with E-state index in [4.69, 9.17) is 4.98 Å². The average Bonchev–Trinajstić information content (AvgIpc) is 2.88. The van der Waals surface area contributed by atoms with Crippen molar-refractivity contribution in [1.29, 1.82) is 0 Å². The Bertz CT molecular complexity index is 1230. The Labute approximate surface area is 210 Å². The highest BCUT2D eigenvalue weighted by atomic mass is 19.3. The summed E-state index contributed by atoms with van der Waals surface area (Å²) in [6.45, 7) is 4.30. The Morgan fingerprint density at radius 1 is 1.06 bits per heavy atom. The van der Waals surface area contributed by atoms with Gasteiger partial charge in [0.15, 0.2) is 0 Å². The summed E-state index contributed by atoms with van der Waals surface area (Å²) in [6, 6.07) is 11.6. The van der Waals surface area contributed by atoms with E-state index in [1.54, 1.807) is 18.3 Å². The minimum Gasteiger partial charge on any atom is -0.348 e. The summed E-state index contributed by atoms with van der Waals surface area (Å²) < 4.78 is 28.6. The lowest BCUT2D eigenvalue weighted by Crippen LogP contribution is -2.38. The number of pyridine rings is 1. The van der Waals surface area contributed by atoms with E-state index in [9.17, 15) is 13.6 Å². The van der Waals surface area contributed by atoms with Crippen LogP contribution in [0.15, 0.2) is 47.4 Å². The van der Waals surface area contributed by atoms with Crippen molar-refractivity contribution >= 4 is 17.0 Å². The molecule has 192 valence electrons. The first kappa shape index (κ1) is 24.8. The van der Waals surface area contributed by atoms with Gasteiger partial charge >= 0.3 is 0 Å². The Balaban J connectivity index is 1.26. The quantitative estimate of drug-likeness (QED) is 0.450. The lowest BCUT2D eigenvalue weighted by Gasteiger charge is -2.31. The van der Waals surface area contributed by atoms with Crippen LogP contribution in [-0.4, -0.2) is 38.4 Å². The van der Waals surface area contributed by atoms with E-state index in [0.717, 1.165) is 29.4 Å². The number of rotatable bonds is 7. The number of nitrogens with zero attached hydrogens (tertiary/aromatic N) is 4. The van der Waals surface area contributed by atoms with Crippen LogP contribution in [0.4, 0.5) is 14.7 Å². The normalized spacial score (nSPS) is 19.9. The van der Waals surface area contributed by atoms with Crippen LogP contribution >= 0.6 is 0 Å². The molecule has 1 aromatic carbocycles. The van der Waals surface area contributed by atoms with Crippen molar-refractivity contribution < 1.29 is 8.78 Å². The lowest BCUT2D eigenvalue weighted by atomic mass is 9.89. The molecular formula is C28H35F2N5O. The Hall–Kier alpha value is -2.87. The molecule has 3 aromatic rings. The molecule has 1 atom stereocenters. The largest absolute Gasteiger partial charge is 0.348 e. The number of halogens is 2. The molecule has 2 aromatic heterocycles.